The molecule has 2 atom stereocenters. The highest BCUT2D eigenvalue weighted by Gasteiger charge is 2.26. The maximum atomic E-state index is 12.7. The van der Waals surface area contributed by atoms with Crippen LogP contribution in [0.1, 0.15) is 38.1 Å². The average molecular weight is 426 g/mol. The van der Waals surface area contributed by atoms with Crippen LogP contribution in [0.2, 0.25) is 0 Å². The second-order valence-electron chi connectivity index (χ2n) is 7.34. The van der Waals surface area contributed by atoms with E-state index in [4.69, 9.17) is 0 Å². The molecule has 2 rings (SSSR count). The monoisotopic (exact) mass is 425 g/mol. The van der Waals surface area contributed by atoms with Gasteiger partial charge in [-0.2, -0.15) is 0 Å². The molecule has 0 saturated heterocycles. The minimum absolute atomic E-state index is 0.0771. The number of hydrogen-bond donors (Lipinski definition) is 4. The SMILES string of the molecule is CC[NH+](CC(=O)Nc1ccc(NC(C)=O)cc1)[C@@H](C)C(=O)Nc1cccc(C(C)=O)c1. The lowest BCUT2D eigenvalue weighted by Gasteiger charge is -2.23. The average Bonchev–Trinajstić information content (AvgIpc) is 2.72. The molecule has 164 valence electrons. The van der Waals surface area contributed by atoms with Crippen molar-refractivity contribution in [3.8, 4) is 0 Å². The molecule has 0 aliphatic heterocycles. The fourth-order valence-corrected chi connectivity index (χ4v) is 3.09. The highest BCUT2D eigenvalue weighted by Crippen LogP contribution is 2.13. The molecule has 2 aromatic carbocycles. The Balaban J connectivity index is 1.95. The number of likely N-dealkylation sites (N-methyl/N-ethyl adjacent to an activating group) is 1. The van der Waals surface area contributed by atoms with Gasteiger partial charge in [0.15, 0.2) is 18.4 Å². The molecule has 8 nitrogen and oxygen atoms in total. The predicted molar refractivity (Wildman–Crippen MR) is 120 cm³/mol. The molecule has 0 fully saturated rings. The van der Waals surface area contributed by atoms with Gasteiger partial charge < -0.3 is 20.9 Å². The fourth-order valence-electron chi connectivity index (χ4n) is 3.09. The van der Waals surface area contributed by atoms with Crippen LogP contribution in [-0.4, -0.2) is 42.6 Å². The molecule has 0 aliphatic carbocycles. The van der Waals surface area contributed by atoms with E-state index in [0.29, 0.717) is 29.2 Å². The zero-order chi connectivity index (χ0) is 23.0. The summed E-state index contributed by atoms with van der Waals surface area (Å²) in [6.07, 6.45) is 0. The van der Waals surface area contributed by atoms with E-state index in [1.165, 1.54) is 13.8 Å². The number of carbonyl (C=O) groups excluding carboxylic acids is 4. The molecule has 1 unspecified atom stereocenters. The Bertz CT molecular complexity index is 956. The molecule has 3 amide bonds. The van der Waals surface area contributed by atoms with Crippen LogP contribution in [0, 0.1) is 0 Å². The van der Waals surface area contributed by atoms with Gasteiger partial charge in [0, 0.05) is 29.5 Å². The first kappa shape index (κ1) is 23.8. The predicted octanol–water partition coefficient (Wildman–Crippen LogP) is 1.72. The number of rotatable bonds is 9. The van der Waals surface area contributed by atoms with Crippen molar-refractivity contribution >= 4 is 40.6 Å². The van der Waals surface area contributed by atoms with Crippen molar-refractivity contribution in [2.75, 3.05) is 29.0 Å². The van der Waals surface area contributed by atoms with Crippen LogP contribution in [-0.2, 0) is 14.4 Å². The van der Waals surface area contributed by atoms with Gasteiger partial charge in [0.25, 0.3) is 11.8 Å². The Kier molecular flexibility index (Phi) is 8.45. The van der Waals surface area contributed by atoms with Gasteiger partial charge in [0.2, 0.25) is 5.91 Å². The zero-order valence-electron chi connectivity index (χ0n) is 18.2. The molecule has 4 N–H and O–H groups in total. The number of benzene rings is 2. The quantitative estimate of drug-likeness (QED) is 0.459. The Morgan fingerprint density at radius 2 is 1.48 bits per heavy atom. The van der Waals surface area contributed by atoms with Gasteiger partial charge in [-0.1, -0.05) is 12.1 Å². The maximum Gasteiger partial charge on any atom is 0.282 e. The summed E-state index contributed by atoms with van der Waals surface area (Å²) >= 11 is 0. The van der Waals surface area contributed by atoms with Gasteiger partial charge in [-0.05, 0) is 57.2 Å². The third-order valence-corrected chi connectivity index (χ3v) is 4.87. The van der Waals surface area contributed by atoms with Crippen LogP contribution >= 0.6 is 0 Å². The molecule has 0 aromatic heterocycles. The zero-order valence-corrected chi connectivity index (χ0v) is 18.2. The Morgan fingerprint density at radius 3 is 2.03 bits per heavy atom. The third-order valence-electron chi connectivity index (χ3n) is 4.87. The largest absolute Gasteiger partial charge is 0.326 e. The minimum Gasteiger partial charge on any atom is -0.326 e. The normalized spacial score (nSPS) is 12.4. The molecule has 0 bridgehead atoms. The van der Waals surface area contributed by atoms with Crippen molar-refractivity contribution in [2.45, 2.75) is 33.7 Å². The van der Waals surface area contributed by atoms with Gasteiger partial charge in [0.1, 0.15) is 0 Å². The number of carbonyl (C=O) groups is 4. The summed E-state index contributed by atoms with van der Waals surface area (Å²) < 4.78 is 0. The molecule has 0 aliphatic rings. The van der Waals surface area contributed by atoms with E-state index in [0.717, 1.165) is 4.90 Å². The molecule has 0 heterocycles. The standard InChI is InChI=1S/C23H28N4O4/c1-5-27(14-22(30)25-20-11-9-19(10-12-20)24-17(4)29)15(2)23(31)26-21-8-6-7-18(13-21)16(3)28/h6-13,15H,5,14H2,1-4H3,(H,24,29)(H,25,30)(H,26,31)/p+1/t15-/m0/s1. The summed E-state index contributed by atoms with van der Waals surface area (Å²) in [5.74, 6) is -0.696. The summed E-state index contributed by atoms with van der Waals surface area (Å²) in [7, 11) is 0. The van der Waals surface area contributed by atoms with Crippen molar-refractivity contribution in [3.63, 3.8) is 0 Å². The number of hydrogen-bond acceptors (Lipinski definition) is 4. The molecule has 2 aromatic rings. The van der Waals surface area contributed by atoms with Crippen LogP contribution in [0.4, 0.5) is 17.1 Å². The van der Waals surface area contributed by atoms with E-state index < -0.39 is 6.04 Å². The summed E-state index contributed by atoms with van der Waals surface area (Å²) in [4.78, 5) is 48.6. The van der Waals surface area contributed by atoms with Crippen molar-refractivity contribution in [2.24, 2.45) is 0 Å². The summed E-state index contributed by atoms with van der Waals surface area (Å²) in [6, 6.07) is 13.1. The number of nitrogens with one attached hydrogen (secondary N) is 4. The van der Waals surface area contributed by atoms with Crippen LogP contribution in [0.15, 0.2) is 48.5 Å². The lowest BCUT2D eigenvalue weighted by molar-refractivity contribution is -0.904. The molecule has 8 heteroatoms. The van der Waals surface area contributed by atoms with E-state index in [-0.39, 0.29) is 30.0 Å². The summed E-state index contributed by atoms with van der Waals surface area (Å²) in [5.41, 5.74) is 2.32. The second-order valence-corrected chi connectivity index (χ2v) is 7.34. The maximum absolute atomic E-state index is 12.7. The molecule has 0 radical (unpaired) electrons. The Labute approximate surface area is 182 Å². The highest BCUT2D eigenvalue weighted by molar-refractivity contribution is 5.98. The lowest BCUT2D eigenvalue weighted by Crippen LogP contribution is -3.17. The number of ketones is 1. The van der Waals surface area contributed by atoms with E-state index in [1.54, 1.807) is 55.5 Å². The van der Waals surface area contributed by atoms with Gasteiger partial charge in [-0.25, -0.2) is 0 Å². The Morgan fingerprint density at radius 1 is 0.871 bits per heavy atom. The first-order valence-corrected chi connectivity index (χ1v) is 10.1. The van der Waals surface area contributed by atoms with Gasteiger partial charge >= 0.3 is 0 Å². The van der Waals surface area contributed by atoms with Gasteiger partial charge in [-0.3, -0.25) is 19.2 Å². The second kappa shape index (κ2) is 11.0. The molecular formula is C23H29N4O4+. The van der Waals surface area contributed by atoms with Gasteiger partial charge in [0.05, 0.1) is 6.54 Å². The van der Waals surface area contributed by atoms with E-state index in [2.05, 4.69) is 16.0 Å². The van der Waals surface area contributed by atoms with E-state index in [9.17, 15) is 19.2 Å². The molecule has 0 spiro atoms. The third kappa shape index (κ3) is 7.35. The molecule has 31 heavy (non-hydrogen) atoms. The summed E-state index contributed by atoms with van der Waals surface area (Å²) in [5, 5.41) is 8.29. The van der Waals surface area contributed by atoms with Crippen LogP contribution < -0.4 is 20.9 Å². The first-order valence-electron chi connectivity index (χ1n) is 10.1. The summed E-state index contributed by atoms with van der Waals surface area (Å²) in [6.45, 7) is 7.26. The van der Waals surface area contributed by atoms with E-state index >= 15 is 0 Å². The smallest absolute Gasteiger partial charge is 0.282 e. The minimum atomic E-state index is -0.473. The first-order chi connectivity index (χ1) is 14.7. The topological polar surface area (TPSA) is 109 Å². The van der Waals surface area contributed by atoms with Crippen molar-refractivity contribution in [3.05, 3.63) is 54.1 Å². The van der Waals surface area contributed by atoms with Gasteiger partial charge in [-0.15, -0.1) is 0 Å². The van der Waals surface area contributed by atoms with E-state index in [1.807, 2.05) is 6.92 Å². The van der Waals surface area contributed by atoms with Crippen molar-refractivity contribution < 1.29 is 24.1 Å². The number of Topliss-reactive ketones (excluding diaryl/α,β-unsaturated/α-hetero) is 1. The fraction of sp³-hybridized carbons (Fsp3) is 0.304. The number of quaternary nitrogens is 1. The van der Waals surface area contributed by atoms with Crippen molar-refractivity contribution in [1.29, 1.82) is 0 Å². The van der Waals surface area contributed by atoms with Crippen LogP contribution in [0.25, 0.3) is 0 Å². The van der Waals surface area contributed by atoms with Crippen LogP contribution in [0.3, 0.4) is 0 Å². The Hall–Kier alpha value is -3.52. The molecule has 0 saturated carbocycles. The number of amides is 3. The highest BCUT2D eigenvalue weighted by atomic mass is 16.2. The lowest BCUT2D eigenvalue weighted by atomic mass is 10.1. The van der Waals surface area contributed by atoms with Crippen LogP contribution in [0.5, 0.6) is 0 Å². The van der Waals surface area contributed by atoms with Crippen molar-refractivity contribution in [1.82, 2.24) is 0 Å². The number of anilines is 3. The molecular weight excluding hydrogens is 396 g/mol.